The number of carbonyl (C=O) groups excluding carboxylic acids is 3. The molecule has 4 rings (SSSR count). The number of amides is 3. The maximum absolute atomic E-state index is 14.7. The fourth-order valence-electron chi connectivity index (χ4n) is 4.27. The zero-order chi connectivity index (χ0) is 29.0. The van der Waals surface area contributed by atoms with Crippen LogP contribution in [0.1, 0.15) is 54.5 Å². The van der Waals surface area contributed by atoms with Crippen LogP contribution in [0.25, 0.3) is 10.6 Å². The van der Waals surface area contributed by atoms with E-state index in [1.807, 2.05) is 0 Å². The quantitative estimate of drug-likeness (QED) is 0.439. The Hall–Kier alpha value is -3.90. The largest absolute Gasteiger partial charge is 0.443 e. The first kappa shape index (κ1) is 29.1. The lowest BCUT2D eigenvalue weighted by Gasteiger charge is -2.36. The summed E-state index contributed by atoms with van der Waals surface area (Å²) in [6, 6.07) is 5.51. The first-order valence-corrected chi connectivity index (χ1v) is 13.8. The second kappa shape index (κ2) is 12.1. The molecule has 0 saturated carbocycles. The number of thiazole rings is 1. The van der Waals surface area contributed by atoms with Crippen LogP contribution < -0.4 is 15.5 Å². The number of nitrogens with one attached hydrogen (secondary N) is 2. The van der Waals surface area contributed by atoms with Gasteiger partial charge in [0.15, 0.2) is 0 Å². The lowest BCUT2D eigenvalue weighted by molar-refractivity contribution is 0.0560. The third-order valence-electron chi connectivity index (χ3n) is 6.12. The van der Waals surface area contributed by atoms with Crippen LogP contribution in [0.3, 0.4) is 0 Å². The first-order valence-electron chi connectivity index (χ1n) is 12.9. The van der Waals surface area contributed by atoms with E-state index in [0.29, 0.717) is 23.5 Å². The highest BCUT2D eigenvalue weighted by Crippen LogP contribution is 2.32. The number of rotatable bonds is 6. The molecule has 2 aromatic heterocycles. The summed E-state index contributed by atoms with van der Waals surface area (Å²) in [6.07, 6.45) is 4.13. The highest BCUT2D eigenvalue weighted by molar-refractivity contribution is 7.13. The van der Waals surface area contributed by atoms with Gasteiger partial charge < -0.3 is 20.3 Å². The molecule has 0 bridgehead atoms. The summed E-state index contributed by atoms with van der Waals surface area (Å²) in [5.74, 6) is -1.38. The smallest absolute Gasteiger partial charge is 0.415 e. The van der Waals surface area contributed by atoms with Crippen LogP contribution in [-0.2, 0) is 4.74 Å². The Kier molecular flexibility index (Phi) is 8.79. The average Bonchev–Trinajstić information content (AvgIpc) is 3.39. The molecule has 3 aromatic rings. The minimum atomic E-state index is -0.714. The number of pyridine rings is 1. The third-order valence-corrected chi connectivity index (χ3v) is 6.99. The van der Waals surface area contributed by atoms with Crippen molar-refractivity contribution in [3.8, 4) is 10.6 Å². The van der Waals surface area contributed by atoms with E-state index in [4.69, 9.17) is 4.74 Å². The molecule has 40 heavy (non-hydrogen) atoms. The molecular formula is C28H33FN6O4S. The van der Waals surface area contributed by atoms with Gasteiger partial charge in [0.25, 0.3) is 11.8 Å². The van der Waals surface area contributed by atoms with E-state index in [1.54, 1.807) is 52.0 Å². The summed E-state index contributed by atoms with van der Waals surface area (Å²) in [5.41, 5.74) is 0.531. The molecule has 1 aromatic carbocycles. The molecule has 1 atom stereocenters. The number of hydrogen-bond acceptors (Lipinski definition) is 8. The molecule has 1 saturated heterocycles. The normalized spacial score (nSPS) is 15.3. The van der Waals surface area contributed by atoms with Crippen molar-refractivity contribution in [3.63, 3.8) is 0 Å². The van der Waals surface area contributed by atoms with Crippen molar-refractivity contribution in [2.24, 2.45) is 0 Å². The molecule has 3 amide bonds. The van der Waals surface area contributed by atoms with Crippen molar-refractivity contribution >= 4 is 40.6 Å². The second-order valence-electron chi connectivity index (χ2n) is 10.6. The summed E-state index contributed by atoms with van der Waals surface area (Å²) in [5, 5.41) is 7.89. The van der Waals surface area contributed by atoms with Crippen LogP contribution in [0.2, 0.25) is 0 Å². The zero-order valence-electron chi connectivity index (χ0n) is 23.2. The van der Waals surface area contributed by atoms with E-state index < -0.39 is 23.4 Å². The van der Waals surface area contributed by atoms with Gasteiger partial charge >= 0.3 is 6.09 Å². The number of halogens is 1. The fraction of sp³-hybridized carbons (Fsp3) is 0.393. The van der Waals surface area contributed by atoms with Gasteiger partial charge in [-0.2, -0.15) is 0 Å². The number of hydrogen-bond donors (Lipinski definition) is 2. The minimum Gasteiger partial charge on any atom is -0.443 e. The molecule has 0 aliphatic carbocycles. The van der Waals surface area contributed by atoms with Crippen LogP contribution in [-0.4, -0.2) is 71.6 Å². The van der Waals surface area contributed by atoms with Gasteiger partial charge in [-0.15, -0.1) is 11.3 Å². The molecule has 10 nitrogen and oxygen atoms in total. The van der Waals surface area contributed by atoms with Crippen molar-refractivity contribution < 1.29 is 23.5 Å². The van der Waals surface area contributed by atoms with Crippen molar-refractivity contribution in [2.45, 2.75) is 45.3 Å². The number of carbonyl (C=O) groups is 3. The lowest BCUT2D eigenvalue weighted by atomic mass is 10.1. The van der Waals surface area contributed by atoms with Gasteiger partial charge in [0.1, 0.15) is 22.1 Å². The summed E-state index contributed by atoms with van der Waals surface area (Å²) >= 11 is 1.08. The lowest BCUT2D eigenvalue weighted by Crippen LogP contribution is -2.50. The standard InChI is InChI=1S/C28H33FN6O4S/c1-28(2,3)39-27(38)35(18-7-6-11-30-14-18)23-10-12-31-15-21(23)32-24(36)22-16-40-25(33-22)19-13-17(8-9-20(19)29)26(37)34(4)5/h8-10,12-13,15-16,18,30H,6-7,11,14H2,1-5H3,(H,32,36). The van der Waals surface area contributed by atoms with E-state index in [2.05, 4.69) is 20.6 Å². The van der Waals surface area contributed by atoms with Crippen molar-refractivity contribution in [1.29, 1.82) is 0 Å². The van der Waals surface area contributed by atoms with Crippen molar-refractivity contribution in [1.82, 2.24) is 20.2 Å². The van der Waals surface area contributed by atoms with Crippen LogP contribution >= 0.6 is 11.3 Å². The zero-order valence-corrected chi connectivity index (χ0v) is 24.0. The van der Waals surface area contributed by atoms with Crippen LogP contribution in [0.5, 0.6) is 0 Å². The highest BCUT2D eigenvalue weighted by Gasteiger charge is 2.32. The third kappa shape index (κ3) is 6.80. The Balaban J connectivity index is 1.61. The molecule has 12 heteroatoms. The maximum Gasteiger partial charge on any atom is 0.415 e. The maximum atomic E-state index is 14.7. The summed E-state index contributed by atoms with van der Waals surface area (Å²) in [6.45, 7) is 6.83. The minimum absolute atomic E-state index is 0.0571. The molecule has 1 aliphatic heterocycles. The van der Waals surface area contributed by atoms with Gasteiger partial charge in [-0.25, -0.2) is 14.2 Å². The van der Waals surface area contributed by atoms with Gasteiger partial charge in [-0.3, -0.25) is 19.5 Å². The molecule has 1 aliphatic rings. The Morgan fingerprint density at radius 1 is 1.20 bits per heavy atom. The number of piperidine rings is 1. The number of nitrogens with zero attached hydrogens (tertiary/aromatic N) is 4. The Morgan fingerprint density at radius 3 is 2.65 bits per heavy atom. The van der Waals surface area contributed by atoms with Crippen molar-refractivity contribution in [3.05, 3.63) is 59.1 Å². The predicted octanol–water partition coefficient (Wildman–Crippen LogP) is 4.79. The number of aromatic nitrogens is 2. The second-order valence-corrected chi connectivity index (χ2v) is 11.5. The van der Waals surface area contributed by atoms with Crippen molar-refractivity contribution in [2.75, 3.05) is 37.4 Å². The molecule has 212 valence electrons. The molecule has 0 spiro atoms. The monoisotopic (exact) mass is 568 g/mol. The molecule has 0 radical (unpaired) electrons. The summed E-state index contributed by atoms with van der Waals surface area (Å²) in [7, 11) is 3.22. The van der Waals surface area contributed by atoms with Gasteiger partial charge in [-0.1, -0.05) is 0 Å². The van der Waals surface area contributed by atoms with Gasteiger partial charge in [0.2, 0.25) is 0 Å². The Bertz CT molecular complexity index is 1400. The van der Waals surface area contributed by atoms with Crippen LogP contribution in [0.15, 0.2) is 42.0 Å². The molecule has 3 heterocycles. The number of ether oxygens (including phenoxy) is 1. The summed E-state index contributed by atoms with van der Waals surface area (Å²) < 4.78 is 20.4. The average molecular weight is 569 g/mol. The van der Waals surface area contributed by atoms with E-state index in [-0.39, 0.29) is 28.2 Å². The summed E-state index contributed by atoms with van der Waals surface area (Å²) in [4.78, 5) is 50.4. The SMILES string of the molecule is CN(C)C(=O)c1ccc(F)c(-c2nc(C(=O)Nc3cnccc3N(C(=O)OC(C)(C)C)C3CCCNC3)cs2)c1. The molecular weight excluding hydrogens is 535 g/mol. The number of benzene rings is 1. The molecule has 1 unspecified atom stereocenters. The van der Waals surface area contributed by atoms with Crippen LogP contribution in [0.4, 0.5) is 20.6 Å². The predicted molar refractivity (Wildman–Crippen MR) is 152 cm³/mol. The van der Waals surface area contributed by atoms with Gasteiger partial charge in [-0.05, 0) is 64.4 Å². The topological polar surface area (TPSA) is 117 Å². The molecule has 2 N–H and O–H groups in total. The van der Waals surface area contributed by atoms with E-state index in [9.17, 15) is 18.8 Å². The Labute approximate surface area is 236 Å². The van der Waals surface area contributed by atoms with Crippen LogP contribution in [0, 0.1) is 5.82 Å². The highest BCUT2D eigenvalue weighted by atomic mass is 32.1. The molecule has 1 fully saturated rings. The fourth-order valence-corrected chi connectivity index (χ4v) is 5.09. The number of anilines is 2. The van der Waals surface area contributed by atoms with E-state index in [1.165, 1.54) is 34.7 Å². The van der Waals surface area contributed by atoms with E-state index >= 15 is 0 Å². The Morgan fingerprint density at radius 2 is 1.98 bits per heavy atom. The van der Waals surface area contributed by atoms with E-state index in [0.717, 1.165) is 30.7 Å². The van der Waals surface area contributed by atoms with Gasteiger partial charge in [0, 0.05) is 43.3 Å². The van der Waals surface area contributed by atoms with Gasteiger partial charge in [0.05, 0.1) is 23.6 Å². The first-order chi connectivity index (χ1) is 18.9.